The van der Waals surface area contributed by atoms with Gasteiger partial charge in [0.05, 0.1) is 23.3 Å². The van der Waals surface area contributed by atoms with Gasteiger partial charge in [-0.25, -0.2) is 4.79 Å². The lowest BCUT2D eigenvalue weighted by Gasteiger charge is -2.37. The number of ketones is 1. The second-order valence-corrected chi connectivity index (χ2v) is 10.4. The highest BCUT2D eigenvalue weighted by molar-refractivity contribution is 9.10. The van der Waals surface area contributed by atoms with Gasteiger partial charge in [0, 0.05) is 34.3 Å². The molecule has 2 aliphatic rings. The van der Waals surface area contributed by atoms with Crippen LogP contribution in [0.25, 0.3) is 0 Å². The van der Waals surface area contributed by atoms with E-state index in [1.807, 2.05) is 63.2 Å². The third kappa shape index (κ3) is 5.19. The first kappa shape index (κ1) is 25.5. The topological polar surface area (TPSA) is 64.6 Å². The maximum atomic E-state index is 13.7. The summed E-state index contributed by atoms with van der Waals surface area (Å²) in [5, 5.41) is 4.06. The molecule has 0 saturated carbocycles. The number of carbonyl (C=O) groups excluding carboxylic acids is 2. The Hall–Kier alpha value is -2.57. The molecule has 1 heterocycles. The van der Waals surface area contributed by atoms with Gasteiger partial charge in [-0.3, -0.25) is 4.79 Å². The summed E-state index contributed by atoms with van der Waals surface area (Å²) in [5.41, 5.74) is 4.58. The molecule has 0 unspecified atom stereocenters. The number of rotatable bonds is 6. The lowest BCUT2D eigenvalue weighted by molar-refractivity contribution is -0.144. The number of Topliss-reactive ketones (excluding diaryl/α,β-unsaturated/α-hetero) is 1. The van der Waals surface area contributed by atoms with Crippen molar-refractivity contribution in [1.29, 1.82) is 0 Å². The SMILES string of the molecule is CC[C@H](C)OC(=O)C1=C(C)NC2=C(C(=O)C[C@H](c3ccc(Cl)cc3)C2)[C@H]1c1ccc(OC)c(Br)c1. The number of esters is 1. The average Bonchev–Trinajstić information content (AvgIpc) is 2.83. The van der Waals surface area contributed by atoms with Crippen LogP contribution in [0.4, 0.5) is 0 Å². The highest BCUT2D eigenvalue weighted by Crippen LogP contribution is 2.46. The van der Waals surface area contributed by atoms with Crippen molar-refractivity contribution in [3.8, 4) is 5.75 Å². The molecule has 0 spiro atoms. The molecule has 1 aliphatic carbocycles. The van der Waals surface area contributed by atoms with E-state index in [2.05, 4.69) is 21.2 Å². The summed E-state index contributed by atoms with van der Waals surface area (Å²) in [6.07, 6.45) is 1.52. The van der Waals surface area contributed by atoms with Gasteiger partial charge in [-0.2, -0.15) is 0 Å². The van der Waals surface area contributed by atoms with Crippen LogP contribution in [0.2, 0.25) is 5.02 Å². The molecule has 2 aromatic carbocycles. The minimum Gasteiger partial charge on any atom is -0.496 e. The van der Waals surface area contributed by atoms with E-state index in [9.17, 15) is 9.59 Å². The van der Waals surface area contributed by atoms with Gasteiger partial charge >= 0.3 is 5.97 Å². The van der Waals surface area contributed by atoms with Crippen molar-refractivity contribution >= 4 is 39.3 Å². The number of nitrogens with one attached hydrogen (secondary N) is 1. The highest BCUT2D eigenvalue weighted by atomic mass is 79.9. The highest BCUT2D eigenvalue weighted by Gasteiger charge is 2.41. The molecule has 0 bridgehead atoms. The maximum absolute atomic E-state index is 13.7. The largest absolute Gasteiger partial charge is 0.496 e. The first-order valence-corrected chi connectivity index (χ1v) is 12.9. The van der Waals surface area contributed by atoms with Gasteiger partial charge in [-0.1, -0.05) is 36.7 Å². The van der Waals surface area contributed by atoms with E-state index in [4.69, 9.17) is 21.1 Å². The van der Waals surface area contributed by atoms with Crippen molar-refractivity contribution in [2.24, 2.45) is 0 Å². The van der Waals surface area contributed by atoms with Gasteiger partial charge in [-0.15, -0.1) is 0 Å². The zero-order chi connectivity index (χ0) is 25.3. The number of ether oxygens (including phenoxy) is 2. The average molecular weight is 559 g/mol. The molecular weight excluding hydrogens is 530 g/mol. The summed E-state index contributed by atoms with van der Waals surface area (Å²) in [4.78, 5) is 27.1. The lowest BCUT2D eigenvalue weighted by Crippen LogP contribution is -2.36. The van der Waals surface area contributed by atoms with Crippen molar-refractivity contribution in [2.75, 3.05) is 7.11 Å². The van der Waals surface area contributed by atoms with Crippen LogP contribution in [0.5, 0.6) is 5.75 Å². The fourth-order valence-electron chi connectivity index (χ4n) is 4.81. The van der Waals surface area contributed by atoms with Crippen LogP contribution in [-0.2, 0) is 14.3 Å². The minimum absolute atomic E-state index is 0.0250. The van der Waals surface area contributed by atoms with Gasteiger partial charge in [0.1, 0.15) is 5.75 Å². The number of benzene rings is 2. The number of hydrogen-bond acceptors (Lipinski definition) is 5. The van der Waals surface area contributed by atoms with E-state index in [1.54, 1.807) is 7.11 Å². The molecule has 5 nitrogen and oxygen atoms in total. The van der Waals surface area contributed by atoms with Gasteiger partial charge in [0.25, 0.3) is 0 Å². The molecule has 4 rings (SSSR count). The van der Waals surface area contributed by atoms with E-state index >= 15 is 0 Å². The van der Waals surface area contributed by atoms with Crippen LogP contribution in [0.15, 0.2) is 69.5 Å². The van der Waals surface area contributed by atoms with Gasteiger partial charge in [-0.05, 0) is 83.9 Å². The fourth-order valence-corrected chi connectivity index (χ4v) is 5.49. The second kappa shape index (κ2) is 10.6. The van der Waals surface area contributed by atoms with Crippen LogP contribution in [-0.4, -0.2) is 25.0 Å². The number of methoxy groups -OCH3 is 1. The molecule has 0 fully saturated rings. The zero-order valence-electron chi connectivity index (χ0n) is 20.3. The monoisotopic (exact) mass is 557 g/mol. The third-order valence-electron chi connectivity index (χ3n) is 6.78. The first-order chi connectivity index (χ1) is 16.7. The summed E-state index contributed by atoms with van der Waals surface area (Å²) < 4.78 is 11.9. The Bertz CT molecular complexity index is 1220. The lowest BCUT2D eigenvalue weighted by atomic mass is 9.71. The molecule has 0 aromatic heterocycles. The van der Waals surface area contributed by atoms with Crippen molar-refractivity contribution < 1.29 is 19.1 Å². The molecule has 0 radical (unpaired) electrons. The Morgan fingerprint density at radius 2 is 1.86 bits per heavy atom. The summed E-state index contributed by atoms with van der Waals surface area (Å²) in [6, 6.07) is 13.3. The summed E-state index contributed by atoms with van der Waals surface area (Å²) in [5.74, 6) is -0.184. The predicted octanol–water partition coefficient (Wildman–Crippen LogP) is 6.81. The third-order valence-corrected chi connectivity index (χ3v) is 7.65. The number of dihydropyridines is 1. The van der Waals surface area contributed by atoms with Crippen LogP contribution >= 0.6 is 27.5 Å². The molecule has 3 atom stereocenters. The normalized spacial score (nSPS) is 20.8. The van der Waals surface area contributed by atoms with Gasteiger partial charge in [0.2, 0.25) is 0 Å². The first-order valence-electron chi connectivity index (χ1n) is 11.8. The molecule has 35 heavy (non-hydrogen) atoms. The van der Waals surface area contributed by atoms with Gasteiger partial charge < -0.3 is 14.8 Å². The van der Waals surface area contributed by atoms with Crippen molar-refractivity contribution in [2.45, 2.75) is 58.0 Å². The summed E-state index contributed by atoms with van der Waals surface area (Å²) >= 11 is 9.63. The summed E-state index contributed by atoms with van der Waals surface area (Å²) in [7, 11) is 1.60. The fraction of sp³-hybridized carbons (Fsp3) is 0.357. The van der Waals surface area contributed by atoms with Crippen LogP contribution < -0.4 is 10.1 Å². The Morgan fingerprint density at radius 1 is 1.17 bits per heavy atom. The van der Waals surface area contributed by atoms with E-state index in [1.165, 1.54) is 0 Å². The van der Waals surface area contributed by atoms with E-state index in [0.29, 0.717) is 46.9 Å². The zero-order valence-corrected chi connectivity index (χ0v) is 22.6. The summed E-state index contributed by atoms with van der Waals surface area (Å²) in [6.45, 7) is 5.72. The second-order valence-electron chi connectivity index (χ2n) is 9.09. The molecular formula is C28H29BrClNO4. The Labute approximate surface area is 219 Å². The molecule has 0 saturated heterocycles. The molecule has 7 heteroatoms. The van der Waals surface area contributed by atoms with Crippen molar-refractivity contribution in [3.63, 3.8) is 0 Å². The van der Waals surface area contributed by atoms with Crippen molar-refractivity contribution in [1.82, 2.24) is 5.32 Å². The van der Waals surface area contributed by atoms with Crippen LogP contribution in [0.1, 0.15) is 63.0 Å². The smallest absolute Gasteiger partial charge is 0.337 e. The Kier molecular flexibility index (Phi) is 7.72. The van der Waals surface area contributed by atoms with Crippen LogP contribution in [0.3, 0.4) is 0 Å². The Balaban J connectivity index is 1.80. The Morgan fingerprint density at radius 3 is 2.49 bits per heavy atom. The van der Waals surface area contributed by atoms with Gasteiger partial charge in [0.15, 0.2) is 5.78 Å². The number of allylic oxidation sites excluding steroid dienone is 3. The van der Waals surface area contributed by atoms with E-state index < -0.39 is 11.9 Å². The maximum Gasteiger partial charge on any atom is 0.337 e. The quantitative estimate of drug-likeness (QED) is 0.394. The van der Waals surface area contributed by atoms with Crippen LogP contribution in [0, 0.1) is 0 Å². The predicted molar refractivity (Wildman–Crippen MR) is 141 cm³/mol. The van der Waals surface area contributed by atoms with E-state index in [0.717, 1.165) is 21.3 Å². The molecule has 1 N–H and O–H groups in total. The number of carbonyl (C=O) groups is 2. The van der Waals surface area contributed by atoms with Crippen molar-refractivity contribution in [3.05, 3.63) is 85.6 Å². The number of halogens is 2. The van der Waals surface area contributed by atoms with E-state index in [-0.39, 0.29) is 17.8 Å². The molecule has 184 valence electrons. The molecule has 0 amide bonds. The minimum atomic E-state index is -0.524. The molecule has 2 aromatic rings. The number of hydrogen-bond donors (Lipinski definition) is 1. The standard InChI is InChI=1S/C28H29BrClNO4/c1-5-15(2)35-28(33)25-16(3)31-22-13-19(17-6-9-20(30)10-7-17)14-23(32)27(22)26(25)18-8-11-24(34-4)21(29)12-18/h6-12,15,19,26,31H,5,13-14H2,1-4H3/t15-,19+,26-/m0/s1. The molecule has 1 aliphatic heterocycles.